The quantitative estimate of drug-likeness (QED) is 0.180. The summed E-state index contributed by atoms with van der Waals surface area (Å²) in [6.45, 7) is 5.20. The van der Waals surface area contributed by atoms with E-state index in [-0.39, 0.29) is 16.3 Å². The highest BCUT2D eigenvalue weighted by atomic mass is 35.5. The molecule has 0 amide bonds. The van der Waals surface area contributed by atoms with Crippen LogP contribution in [0.15, 0.2) is 41.5 Å². The lowest BCUT2D eigenvalue weighted by molar-refractivity contribution is 0.0730. The van der Waals surface area contributed by atoms with Gasteiger partial charge in [-0.2, -0.15) is 20.1 Å². The third kappa shape index (κ3) is 6.89. The van der Waals surface area contributed by atoms with Crippen LogP contribution in [-0.4, -0.2) is 86.9 Å². The second kappa shape index (κ2) is 13.1. The fourth-order valence-corrected chi connectivity index (χ4v) is 4.52. The number of morpholine rings is 2. The fraction of sp³-hybridized carbons (Fsp3) is 0.346. The van der Waals surface area contributed by atoms with Crippen LogP contribution >= 0.6 is 23.2 Å². The Bertz CT molecular complexity index is 1350. The van der Waals surface area contributed by atoms with Crippen molar-refractivity contribution in [2.24, 2.45) is 5.10 Å². The zero-order valence-corrected chi connectivity index (χ0v) is 23.2. The summed E-state index contributed by atoms with van der Waals surface area (Å²) in [6, 6.07) is 9.56. The molecule has 1 aromatic heterocycles. The van der Waals surface area contributed by atoms with Crippen molar-refractivity contribution in [1.82, 2.24) is 15.0 Å². The lowest BCUT2D eigenvalue weighted by atomic mass is 10.2. The molecule has 3 aromatic rings. The lowest BCUT2D eigenvalue weighted by Crippen LogP contribution is -2.40. The molecule has 2 aromatic carbocycles. The molecule has 1 N–H and O–H groups in total. The number of methoxy groups -OCH3 is 1. The maximum Gasteiger partial charge on any atom is 0.345 e. The number of carbonyl (C=O) groups excluding carboxylic acids is 1. The summed E-state index contributed by atoms with van der Waals surface area (Å²) < 4.78 is 21.9. The van der Waals surface area contributed by atoms with Gasteiger partial charge in [0, 0.05) is 31.2 Å². The molecule has 2 aliphatic rings. The highest BCUT2D eigenvalue weighted by molar-refractivity contribution is 6.36. The first-order valence-electron chi connectivity index (χ1n) is 12.6. The minimum absolute atomic E-state index is 0.188. The zero-order valence-electron chi connectivity index (χ0n) is 21.7. The standard InChI is InChI=1S/C26H27Cl2N7O5/c1-37-22-14-17(2-5-21(22)40-23(36)19-4-3-18(27)15-20(19)28)16-29-33-24-30-25(34-6-10-38-11-7-34)32-26(31-24)35-8-12-39-13-9-35/h2-5,14-16H,6-13H2,1H3,(H,30,31,32,33). The minimum Gasteiger partial charge on any atom is -0.493 e. The van der Waals surface area contributed by atoms with Crippen molar-refractivity contribution >= 4 is 53.2 Å². The number of hydrazone groups is 1. The first kappa shape index (κ1) is 27.8. The predicted molar refractivity (Wildman–Crippen MR) is 152 cm³/mol. The maximum absolute atomic E-state index is 12.6. The first-order chi connectivity index (χ1) is 19.5. The molecule has 5 rings (SSSR count). The zero-order chi connectivity index (χ0) is 27.9. The molecule has 12 nitrogen and oxygen atoms in total. The average molecular weight is 588 g/mol. The van der Waals surface area contributed by atoms with Crippen LogP contribution in [0.1, 0.15) is 15.9 Å². The van der Waals surface area contributed by atoms with Crippen molar-refractivity contribution in [3.05, 3.63) is 57.6 Å². The number of hydrogen-bond donors (Lipinski definition) is 1. The molecule has 0 bridgehead atoms. The summed E-state index contributed by atoms with van der Waals surface area (Å²) >= 11 is 12.0. The number of rotatable bonds is 8. The number of ether oxygens (including phenoxy) is 4. The predicted octanol–water partition coefficient (Wildman–Crippen LogP) is 3.53. The number of nitrogens with one attached hydrogen (secondary N) is 1. The van der Waals surface area contributed by atoms with Gasteiger partial charge in [0.05, 0.1) is 50.3 Å². The van der Waals surface area contributed by atoms with Gasteiger partial charge in [0.1, 0.15) is 0 Å². The van der Waals surface area contributed by atoms with Crippen LogP contribution in [0.5, 0.6) is 11.5 Å². The molecular formula is C26H27Cl2N7O5. The number of aromatic nitrogens is 3. The van der Waals surface area contributed by atoms with E-state index in [1.54, 1.807) is 30.5 Å². The number of anilines is 3. The third-order valence-electron chi connectivity index (χ3n) is 6.12. The molecule has 40 heavy (non-hydrogen) atoms. The van der Waals surface area contributed by atoms with Crippen molar-refractivity contribution in [2.75, 3.05) is 74.9 Å². The topological polar surface area (TPSA) is 124 Å². The van der Waals surface area contributed by atoms with Gasteiger partial charge in [-0.15, -0.1) is 0 Å². The first-order valence-corrected chi connectivity index (χ1v) is 13.3. The molecule has 0 aliphatic carbocycles. The van der Waals surface area contributed by atoms with E-state index in [0.29, 0.717) is 86.8 Å². The van der Waals surface area contributed by atoms with E-state index in [9.17, 15) is 4.79 Å². The van der Waals surface area contributed by atoms with Crippen LogP contribution in [0.2, 0.25) is 10.0 Å². The van der Waals surface area contributed by atoms with Gasteiger partial charge in [-0.3, -0.25) is 0 Å². The second-order valence-electron chi connectivity index (χ2n) is 8.75. The Morgan fingerprint density at radius 1 is 0.925 bits per heavy atom. The number of nitrogens with zero attached hydrogens (tertiary/aromatic N) is 6. The van der Waals surface area contributed by atoms with Crippen LogP contribution in [-0.2, 0) is 9.47 Å². The van der Waals surface area contributed by atoms with Crippen molar-refractivity contribution in [3.63, 3.8) is 0 Å². The van der Waals surface area contributed by atoms with E-state index in [0.717, 1.165) is 0 Å². The summed E-state index contributed by atoms with van der Waals surface area (Å²) in [7, 11) is 1.48. The van der Waals surface area contributed by atoms with Crippen LogP contribution in [0.25, 0.3) is 0 Å². The molecule has 0 saturated carbocycles. The molecule has 2 fully saturated rings. The van der Waals surface area contributed by atoms with Gasteiger partial charge in [-0.05, 0) is 42.0 Å². The van der Waals surface area contributed by atoms with Crippen LogP contribution in [0.3, 0.4) is 0 Å². The Morgan fingerprint density at radius 3 is 2.17 bits per heavy atom. The summed E-state index contributed by atoms with van der Waals surface area (Å²) in [5.74, 6) is 1.37. The van der Waals surface area contributed by atoms with Gasteiger partial charge in [-0.25, -0.2) is 10.2 Å². The molecule has 0 spiro atoms. The maximum atomic E-state index is 12.6. The number of benzene rings is 2. The van der Waals surface area contributed by atoms with Crippen molar-refractivity contribution < 1.29 is 23.7 Å². The molecule has 2 aliphatic heterocycles. The molecule has 3 heterocycles. The lowest BCUT2D eigenvalue weighted by Gasteiger charge is -2.30. The largest absolute Gasteiger partial charge is 0.493 e. The SMILES string of the molecule is COc1cc(C=NNc2nc(N3CCOCC3)nc(N3CCOCC3)n2)ccc1OC(=O)c1ccc(Cl)cc1Cl. The molecule has 0 unspecified atom stereocenters. The summed E-state index contributed by atoms with van der Waals surface area (Å²) in [5, 5.41) is 4.92. The third-order valence-corrected chi connectivity index (χ3v) is 6.67. The summed E-state index contributed by atoms with van der Waals surface area (Å²) in [5.41, 5.74) is 3.78. The Hall–Kier alpha value is -3.71. The number of carbonyl (C=O) groups is 1. The normalized spacial score (nSPS) is 15.8. The molecule has 2 saturated heterocycles. The van der Waals surface area contributed by atoms with E-state index >= 15 is 0 Å². The van der Waals surface area contributed by atoms with Gasteiger partial charge >= 0.3 is 5.97 Å². The van der Waals surface area contributed by atoms with Gasteiger partial charge in [0.25, 0.3) is 0 Å². The Balaban J connectivity index is 1.30. The van der Waals surface area contributed by atoms with Crippen LogP contribution in [0, 0.1) is 0 Å². The molecule has 0 radical (unpaired) electrons. The molecule has 0 atom stereocenters. The van der Waals surface area contributed by atoms with E-state index in [1.807, 2.05) is 0 Å². The van der Waals surface area contributed by atoms with E-state index < -0.39 is 5.97 Å². The van der Waals surface area contributed by atoms with E-state index in [4.69, 9.17) is 42.1 Å². The van der Waals surface area contributed by atoms with Crippen molar-refractivity contribution in [2.45, 2.75) is 0 Å². The second-order valence-corrected chi connectivity index (χ2v) is 9.60. The highest BCUT2D eigenvalue weighted by Gasteiger charge is 2.21. The minimum atomic E-state index is -0.634. The van der Waals surface area contributed by atoms with Gasteiger partial charge in [0.15, 0.2) is 11.5 Å². The average Bonchev–Trinajstić information content (AvgIpc) is 2.98. The highest BCUT2D eigenvalue weighted by Crippen LogP contribution is 2.30. The van der Waals surface area contributed by atoms with Gasteiger partial charge in [-0.1, -0.05) is 23.2 Å². The van der Waals surface area contributed by atoms with E-state index in [1.165, 1.54) is 19.2 Å². The molecular weight excluding hydrogens is 561 g/mol. The Morgan fingerprint density at radius 2 is 1.57 bits per heavy atom. The van der Waals surface area contributed by atoms with Gasteiger partial charge in [0.2, 0.25) is 17.8 Å². The monoisotopic (exact) mass is 587 g/mol. The summed E-state index contributed by atoms with van der Waals surface area (Å²) in [6.07, 6.45) is 1.58. The van der Waals surface area contributed by atoms with E-state index in [2.05, 4.69) is 35.3 Å². The number of hydrogen-bond acceptors (Lipinski definition) is 12. The van der Waals surface area contributed by atoms with Crippen LogP contribution in [0.4, 0.5) is 17.8 Å². The Labute approximate surface area is 240 Å². The fourth-order valence-electron chi connectivity index (χ4n) is 4.04. The Kier molecular flexibility index (Phi) is 9.12. The van der Waals surface area contributed by atoms with Gasteiger partial charge < -0.3 is 28.7 Å². The van der Waals surface area contributed by atoms with Crippen molar-refractivity contribution in [1.29, 1.82) is 0 Å². The van der Waals surface area contributed by atoms with Crippen molar-refractivity contribution in [3.8, 4) is 11.5 Å². The number of esters is 1. The molecule has 210 valence electrons. The number of halogens is 2. The summed E-state index contributed by atoms with van der Waals surface area (Å²) in [4.78, 5) is 30.6. The smallest absolute Gasteiger partial charge is 0.345 e. The van der Waals surface area contributed by atoms with Crippen LogP contribution < -0.4 is 24.7 Å². The molecule has 14 heteroatoms.